The largest absolute Gasteiger partial charge is 0.454 e. The van der Waals surface area contributed by atoms with Gasteiger partial charge in [-0.1, -0.05) is 163 Å². The fourth-order valence-corrected chi connectivity index (χ4v) is 12.5. The predicted molar refractivity (Wildman–Crippen MR) is 293 cm³/mol. The number of thioether (sulfide) groups is 1. The van der Waals surface area contributed by atoms with E-state index in [0.717, 1.165) is 78.7 Å². The maximum atomic E-state index is 6.73. The van der Waals surface area contributed by atoms with Gasteiger partial charge in [0.2, 0.25) is 0 Å². The van der Waals surface area contributed by atoms with Crippen LogP contribution in [0, 0.1) is 0 Å². The topological polar surface area (TPSA) is 32.8 Å². The fraction of sp³-hybridized carbons (Fsp3) is 0.156. The van der Waals surface area contributed by atoms with Crippen LogP contribution in [0.5, 0.6) is 0 Å². The van der Waals surface area contributed by atoms with Crippen LogP contribution in [0.2, 0.25) is 0 Å². The Kier molecular flexibility index (Phi) is 9.38. The van der Waals surface area contributed by atoms with Gasteiger partial charge < -0.3 is 18.6 Å². The summed E-state index contributed by atoms with van der Waals surface area (Å²) in [6.45, 7) is 13.6. The minimum atomic E-state index is 0.0312. The lowest BCUT2D eigenvalue weighted by molar-refractivity contribution is 0.590. The lowest BCUT2D eigenvalue weighted by atomic mass is 9.87. The van der Waals surface area contributed by atoms with Crippen molar-refractivity contribution in [3.05, 3.63) is 210 Å². The maximum absolute atomic E-state index is 6.73. The lowest BCUT2D eigenvalue weighted by Gasteiger charge is -2.32. The number of allylic oxidation sites excluding steroid dienone is 3. The molecule has 0 N–H and O–H groups in total. The Morgan fingerprint density at radius 3 is 1.51 bits per heavy atom. The van der Waals surface area contributed by atoms with Gasteiger partial charge in [-0.2, -0.15) is 0 Å². The Balaban J connectivity index is 0.955. The standard InChI is InChI=1S/C64H52N2O2S/c1-63(2,3)39-25-29-41(30-26-39)65(54-21-13-19-49-46-16-9-11-23-56(46)67-60(49)54)43-33-35-51-53(37-43)45-15-7-8-18-48(45)59-52-36-34-44(38-58(52)69-62(51)59)66(42-31-27-40(28-32-42)64(4,5)6)55-22-14-20-50-47-17-10-12-24-57(47)68-61(50)55/h7-37,58H,38H2,1-6H3/t58-/m0/s1. The van der Waals surface area contributed by atoms with Crippen LogP contribution in [-0.4, -0.2) is 5.25 Å². The van der Waals surface area contributed by atoms with Gasteiger partial charge in [-0.05, 0) is 116 Å². The number of hydrogen-bond donors (Lipinski definition) is 0. The van der Waals surface area contributed by atoms with Gasteiger partial charge >= 0.3 is 0 Å². The van der Waals surface area contributed by atoms with Gasteiger partial charge in [-0.15, -0.1) is 11.8 Å². The van der Waals surface area contributed by atoms with E-state index in [2.05, 4.69) is 233 Å². The summed E-state index contributed by atoms with van der Waals surface area (Å²) in [5, 5.41) is 9.78. The first-order valence-electron chi connectivity index (χ1n) is 24.2. The van der Waals surface area contributed by atoms with E-state index in [-0.39, 0.29) is 16.1 Å². The van der Waals surface area contributed by atoms with Gasteiger partial charge in [0.1, 0.15) is 11.2 Å². The van der Waals surface area contributed by atoms with Crippen molar-refractivity contribution in [1.82, 2.24) is 0 Å². The van der Waals surface area contributed by atoms with Crippen LogP contribution in [0.25, 0.3) is 71.0 Å². The quantitative estimate of drug-likeness (QED) is 0.155. The summed E-state index contributed by atoms with van der Waals surface area (Å²) >= 11 is 2.02. The summed E-state index contributed by atoms with van der Waals surface area (Å²) in [4.78, 5) is 6.18. The first-order chi connectivity index (χ1) is 33.5. The number of nitrogens with zero attached hydrogens (tertiary/aromatic N) is 2. The highest BCUT2D eigenvalue weighted by molar-refractivity contribution is 8.01. The van der Waals surface area contributed by atoms with E-state index in [0.29, 0.717) is 0 Å². The molecule has 336 valence electrons. The summed E-state index contributed by atoms with van der Waals surface area (Å²) in [5.41, 5.74) is 15.6. The van der Waals surface area contributed by atoms with E-state index in [1.165, 1.54) is 54.4 Å². The van der Waals surface area contributed by atoms with Gasteiger partial charge in [0, 0.05) is 66.4 Å². The Bertz CT molecular complexity index is 3930. The Hall–Kier alpha value is -7.47. The molecule has 0 unspecified atom stereocenters. The average Bonchev–Trinajstić information content (AvgIpc) is 4.07. The summed E-state index contributed by atoms with van der Waals surface area (Å²) < 4.78 is 13.5. The second-order valence-corrected chi connectivity index (χ2v) is 22.1. The molecular formula is C64H52N2O2S. The van der Waals surface area contributed by atoms with E-state index in [9.17, 15) is 0 Å². The van der Waals surface area contributed by atoms with Gasteiger partial charge in [0.05, 0.1) is 11.4 Å². The normalized spacial score (nSPS) is 15.0. The zero-order chi connectivity index (χ0) is 46.8. The smallest absolute Gasteiger partial charge is 0.159 e. The minimum Gasteiger partial charge on any atom is -0.454 e. The molecule has 0 bridgehead atoms. The van der Waals surface area contributed by atoms with E-state index in [4.69, 9.17) is 8.83 Å². The summed E-state index contributed by atoms with van der Waals surface area (Å²) in [7, 11) is 0. The van der Waals surface area contributed by atoms with Crippen molar-refractivity contribution < 1.29 is 8.83 Å². The van der Waals surface area contributed by atoms with E-state index >= 15 is 0 Å². The lowest BCUT2D eigenvalue weighted by Crippen LogP contribution is -2.22. The van der Waals surface area contributed by atoms with Crippen molar-refractivity contribution in [2.24, 2.45) is 0 Å². The molecule has 5 heteroatoms. The monoisotopic (exact) mass is 912 g/mol. The van der Waals surface area contributed by atoms with Crippen molar-refractivity contribution in [1.29, 1.82) is 0 Å². The van der Waals surface area contributed by atoms with Crippen molar-refractivity contribution in [3.8, 4) is 0 Å². The average molecular weight is 913 g/mol. The summed E-state index contributed by atoms with van der Waals surface area (Å²) in [6.07, 6.45) is 5.63. The van der Waals surface area contributed by atoms with Crippen LogP contribution < -0.4 is 9.80 Å². The fourth-order valence-electron chi connectivity index (χ4n) is 10.9. The minimum absolute atomic E-state index is 0.0312. The van der Waals surface area contributed by atoms with E-state index in [1.807, 2.05) is 17.8 Å². The van der Waals surface area contributed by atoms with Crippen LogP contribution in [0.1, 0.15) is 64.7 Å². The third kappa shape index (κ3) is 6.73. The number of fused-ring (bicyclic) bond motifs is 14. The molecule has 0 fully saturated rings. The van der Waals surface area contributed by atoms with Crippen LogP contribution in [0.15, 0.2) is 208 Å². The van der Waals surface area contributed by atoms with Crippen LogP contribution in [0.4, 0.5) is 28.4 Å². The van der Waals surface area contributed by atoms with E-state index < -0.39 is 0 Å². The second-order valence-electron chi connectivity index (χ2n) is 20.8. The van der Waals surface area contributed by atoms with Crippen LogP contribution in [0.3, 0.4) is 0 Å². The molecule has 11 aromatic rings. The van der Waals surface area contributed by atoms with Gasteiger partial charge in [0.15, 0.2) is 11.2 Å². The molecule has 4 nitrogen and oxygen atoms in total. The number of benzene rings is 9. The molecule has 1 aliphatic heterocycles. The Morgan fingerprint density at radius 2 is 0.928 bits per heavy atom. The third-order valence-electron chi connectivity index (χ3n) is 14.5. The summed E-state index contributed by atoms with van der Waals surface area (Å²) in [5.74, 6) is 0. The first-order valence-corrected chi connectivity index (χ1v) is 25.0. The molecule has 13 rings (SSSR count). The number of anilines is 5. The van der Waals surface area contributed by atoms with Gasteiger partial charge in [0.25, 0.3) is 0 Å². The highest BCUT2D eigenvalue weighted by Gasteiger charge is 2.36. The zero-order valence-corrected chi connectivity index (χ0v) is 40.6. The molecule has 0 radical (unpaired) electrons. The number of hydrogen-bond acceptors (Lipinski definition) is 5. The van der Waals surface area contributed by atoms with Crippen LogP contribution in [-0.2, 0) is 10.8 Å². The molecule has 2 aromatic heterocycles. The molecule has 69 heavy (non-hydrogen) atoms. The SMILES string of the molecule is CC(C)(C)c1ccc(N(C2=CC=C3c4c(c5ccc(N(c6ccc(C(C)(C)C)cc6)c6cccc7c6oc6ccccc67)cc5c5ccccc45)S[C@H]3C2)c2cccc3c2oc2ccccc23)cc1. The van der Waals surface area contributed by atoms with Crippen LogP contribution >= 0.6 is 11.8 Å². The maximum Gasteiger partial charge on any atom is 0.159 e. The molecule has 0 amide bonds. The molecule has 2 aliphatic rings. The number of para-hydroxylation sites is 4. The number of rotatable bonds is 6. The molecule has 3 heterocycles. The zero-order valence-electron chi connectivity index (χ0n) is 39.8. The Labute approximate surface area is 407 Å². The highest BCUT2D eigenvalue weighted by atomic mass is 32.2. The predicted octanol–water partition coefficient (Wildman–Crippen LogP) is 18.8. The third-order valence-corrected chi connectivity index (χ3v) is 15.8. The first kappa shape index (κ1) is 41.7. The Morgan fingerprint density at radius 1 is 0.435 bits per heavy atom. The number of furan rings is 2. The van der Waals surface area contributed by atoms with Gasteiger partial charge in [-0.25, -0.2) is 0 Å². The highest BCUT2D eigenvalue weighted by Crippen LogP contribution is 2.56. The molecule has 0 saturated heterocycles. The second kappa shape index (κ2) is 15.5. The molecule has 1 atom stereocenters. The van der Waals surface area contributed by atoms with Crippen molar-refractivity contribution in [3.63, 3.8) is 0 Å². The molecular weight excluding hydrogens is 861 g/mol. The van der Waals surface area contributed by atoms with Crippen molar-refractivity contribution in [2.75, 3.05) is 9.80 Å². The van der Waals surface area contributed by atoms with Gasteiger partial charge in [-0.3, -0.25) is 0 Å². The van der Waals surface area contributed by atoms with Crippen molar-refractivity contribution >= 4 is 111 Å². The molecule has 0 saturated carbocycles. The molecule has 9 aromatic carbocycles. The van der Waals surface area contributed by atoms with Crippen molar-refractivity contribution in [2.45, 2.75) is 68.9 Å². The van der Waals surface area contributed by atoms with E-state index in [1.54, 1.807) is 0 Å². The summed E-state index contributed by atoms with van der Waals surface area (Å²) in [6, 6.07) is 64.2. The molecule has 0 spiro atoms. The molecule has 1 aliphatic carbocycles.